The second-order valence-electron chi connectivity index (χ2n) is 5.83. The molecule has 0 aliphatic heterocycles. The number of benzene rings is 2. The fourth-order valence-electron chi connectivity index (χ4n) is 2.66. The minimum absolute atomic E-state index is 0.187. The molecule has 1 amide bonds. The lowest BCUT2D eigenvalue weighted by Gasteiger charge is -2.07. The van der Waals surface area contributed by atoms with Crippen molar-refractivity contribution in [1.82, 2.24) is 19.8 Å². The fraction of sp³-hybridized carbons (Fsp3) is 0.158. The third-order valence-corrected chi connectivity index (χ3v) is 5.04. The first kappa shape index (κ1) is 17.2. The molecule has 0 saturated carbocycles. The monoisotopic (exact) mass is 379 g/mol. The number of aromatic nitrogens is 4. The molecule has 1 N–H and O–H groups in total. The van der Waals surface area contributed by atoms with E-state index in [2.05, 4.69) is 20.6 Å². The first-order valence-electron chi connectivity index (χ1n) is 8.45. The molecule has 0 aliphatic rings. The molecular formula is C19H17N5O2S. The maximum Gasteiger partial charge on any atom is 0.255 e. The Kier molecular flexibility index (Phi) is 4.55. The van der Waals surface area contributed by atoms with Crippen LogP contribution in [0.1, 0.15) is 23.1 Å². The van der Waals surface area contributed by atoms with E-state index in [0.29, 0.717) is 17.0 Å². The van der Waals surface area contributed by atoms with E-state index < -0.39 is 0 Å². The van der Waals surface area contributed by atoms with Crippen molar-refractivity contribution in [3.63, 3.8) is 0 Å². The molecule has 0 spiro atoms. The number of fused-ring (bicyclic) bond motifs is 1. The zero-order valence-electron chi connectivity index (χ0n) is 14.8. The number of aryl methyl sites for hydroxylation is 1. The van der Waals surface area contributed by atoms with Crippen molar-refractivity contribution >= 4 is 27.9 Å². The van der Waals surface area contributed by atoms with E-state index in [4.69, 9.17) is 4.74 Å². The number of methoxy groups -OCH3 is 1. The summed E-state index contributed by atoms with van der Waals surface area (Å²) in [7, 11) is 1.57. The molecule has 136 valence electrons. The molecule has 2 aromatic carbocycles. The smallest absolute Gasteiger partial charge is 0.255 e. The van der Waals surface area contributed by atoms with Crippen LogP contribution in [-0.2, 0) is 6.42 Å². The van der Waals surface area contributed by atoms with Gasteiger partial charge in [0.1, 0.15) is 10.8 Å². The number of anilines is 1. The predicted molar refractivity (Wildman–Crippen MR) is 104 cm³/mol. The van der Waals surface area contributed by atoms with Gasteiger partial charge in [0.25, 0.3) is 5.91 Å². The Morgan fingerprint density at radius 2 is 2.00 bits per heavy atom. The van der Waals surface area contributed by atoms with Crippen LogP contribution >= 0.6 is 11.3 Å². The van der Waals surface area contributed by atoms with Gasteiger partial charge in [-0.1, -0.05) is 24.3 Å². The molecule has 0 saturated heterocycles. The van der Waals surface area contributed by atoms with Gasteiger partial charge >= 0.3 is 0 Å². The Morgan fingerprint density at radius 1 is 1.19 bits per heavy atom. The lowest BCUT2D eigenvalue weighted by molar-refractivity contribution is 0.102. The van der Waals surface area contributed by atoms with Gasteiger partial charge in [-0.25, -0.2) is 0 Å². The highest BCUT2D eigenvalue weighted by molar-refractivity contribution is 7.19. The number of hydrogen-bond donors (Lipinski definition) is 1. The van der Waals surface area contributed by atoms with Crippen LogP contribution in [-0.4, -0.2) is 32.8 Å². The quantitative estimate of drug-likeness (QED) is 0.572. The average Bonchev–Trinajstić information content (AvgIpc) is 3.29. The Hall–Kier alpha value is -3.26. The number of carbonyl (C=O) groups excluding carboxylic acids is 1. The highest BCUT2D eigenvalue weighted by atomic mass is 32.1. The highest BCUT2D eigenvalue weighted by Crippen LogP contribution is 2.27. The van der Waals surface area contributed by atoms with Crippen LogP contribution in [0.3, 0.4) is 0 Å². The van der Waals surface area contributed by atoms with Crippen molar-refractivity contribution in [3.8, 4) is 16.3 Å². The van der Waals surface area contributed by atoms with Crippen LogP contribution in [0.4, 0.5) is 5.69 Å². The molecule has 4 rings (SSSR count). The van der Waals surface area contributed by atoms with Gasteiger partial charge in [-0.3, -0.25) is 4.79 Å². The third kappa shape index (κ3) is 3.39. The van der Waals surface area contributed by atoms with Crippen molar-refractivity contribution in [2.45, 2.75) is 13.3 Å². The summed E-state index contributed by atoms with van der Waals surface area (Å²) < 4.78 is 6.93. The molecule has 0 aliphatic carbocycles. The molecule has 7 nitrogen and oxygen atoms in total. The zero-order chi connectivity index (χ0) is 18.8. The third-order valence-electron chi connectivity index (χ3n) is 4.09. The average molecular weight is 379 g/mol. The minimum Gasteiger partial charge on any atom is -0.497 e. The molecule has 0 radical (unpaired) electrons. The zero-order valence-corrected chi connectivity index (χ0v) is 15.7. The number of ether oxygens (including phenoxy) is 1. The molecule has 0 unspecified atom stereocenters. The van der Waals surface area contributed by atoms with Gasteiger partial charge in [-0.05, 0) is 42.5 Å². The van der Waals surface area contributed by atoms with Crippen LogP contribution in [0, 0.1) is 0 Å². The minimum atomic E-state index is -0.187. The van der Waals surface area contributed by atoms with Crippen molar-refractivity contribution in [2.24, 2.45) is 0 Å². The summed E-state index contributed by atoms with van der Waals surface area (Å²) in [5, 5.41) is 16.6. The second-order valence-corrected chi connectivity index (χ2v) is 6.79. The maximum atomic E-state index is 12.4. The summed E-state index contributed by atoms with van der Waals surface area (Å²) >= 11 is 1.48. The molecule has 27 heavy (non-hydrogen) atoms. The summed E-state index contributed by atoms with van der Waals surface area (Å²) in [6.07, 6.45) is 0.777. The van der Waals surface area contributed by atoms with E-state index in [1.54, 1.807) is 35.9 Å². The Morgan fingerprint density at radius 3 is 2.74 bits per heavy atom. The van der Waals surface area contributed by atoms with Gasteiger partial charge in [-0.15, -0.1) is 10.2 Å². The van der Waals surface area contributed by atoms with Crippen molar-refractivity contribution < 1.29 is 9.53 Å². The molecule has 8 heteroatoms. The van der Waals surface area contributed by atoms with Crippen molar-refractivity contribution in [2.75, 3.05) is 12.4 Å². The van der Waals surface area contributed by atoms with Crippen LogP contribution < -0.4 is 10.1 Å². The Balaban J connectivity index is 1.52. The fourth-order valence-corrected chi connectivity index (χ4v) is 3.52. The molecule has 0 atom stereocenters. The van der Waals surface area contributed by atoms with Crippen LogP contribution in [0.25, 0.3) is 15.5 Å². The molecule has 2 aromatic heterocycles. The number of amides is 1. The van der Waals surface area contributed by atoms with E-state index in [-0.39, 0.29) is 5.91 Å². The van der Waals surface area contributed by atoms with E-state index >= 15 is 0 Å². The first-order chi connectivity index (χ1) is 13.2. The van der Waals surface area contributed by atoms with Gasteiger partial charge in [0.15, 0.2) is 5.82 Å². The van der Waals surface area contributed by atoms with Crippen LogP contribution in [0.2, 0.25) is 0 Å². The van der Waals surface area contributed by atoms with Crippen molar-refractivity contribution in [1.29, 1.82) is 0 Å². The number of carbonyl (C=O) groups is 1. The maximum absolute atomic E-state index is 12.4. The van der Waals surface area contributed by atoms with E-state index in [9.17, 15) is 4.79 Å². The largest absolute Gasteiger partial charge is 0.497 e. The topological polar surface area (TPSA) is 81.4 Å². The van der Waals surface area contributed by atoms with Crippen LogP contribution in [0.5, 0.6) is 5.75 Å². The van der Waals surface area contributed by atoms with Gasteiger partial charge in [0.2, 0.25) is 4.96 Å². The van der Waals surface area contributed by atoms with Crippen LogP contribution in [0.15, 0.2) is 48.5 Å². The SMILES string of the molecule is CCc1nnc2sc(-c3ccc(NC(=O)c4cccc(OC)c4)cc3)nn12. The molecule has 4 aromatic rings. The Bertz CT molecular complexity index is 1100. The van der Waals surface area contributed by atoms with E-state index in [1.807, 2.05) is 31.2 Å². The molecule has 0 bridgehead atoms. The van der Waals surface area contributed by atoms with Gasteiger partial charge in [-0.2, -0.15) is 9.61 Å². The lowest BCUT2D eigenvalue weighted by Crippen LogP contribution is -2.11. The van der Waals surface area contributed by atoms with E-state index in [0.717, 1.165) is 27.8 Å². The molecular weight excluding hydrogens is 362 g/mol. The highest BCUT2D eigenvalue weighted by Gasteiger charge is 2.12. The number of hydrogen-bond acceptors (Lipinski definition) is 6. The lowest BCUT2D eigenvalue weighted by atomic mass is 10.2. The number of nitrogens with one attached hydrogen (secondary N) is 1. The predicted octanol–water partition coefficient (Wildman–Crippen LogP) is 3.68. The summed E-state index contributed by atoms with van der Waals surface area (Å²) in [4.78, 5) is 13.2. The van der Waals surface area contributed by atoms with Gasteiger partial charge in [0.05, 0.1) is 7.11 Å². The normalized spacial score (nSPS) is 10.9. The second kappa shape index (κ2) is 7.16. The number of rotatable bonds is 5. The summed E-state index contributed by atoms with van der Waals surface area (Å²) in [6.45, 7) is 2.02. The molecule has 0 fully saturated rings. The van der Waals surface area contributed by atoms with Gasteiger partial charge in [0, 0.05) is 23.2 Å². The molecule has 2 heterocycles. The van der Waals surface area contributed by atoms with Gasteiger partial charge < -0.3 is 10.1 Å². The summed E-state index contributed by atoms with van der Waals surface area (Å²) in [5.74, 6) is 1.30. The Labute approximate surface area is 159 Å². The van der Waals surface area contributed by atoms with Crippen molar-refractivity contribution in [3.05, 3.63) is 59.9 Å². The first-order valence-corrected chi connectivity index (χ1v) is 9.26. The van der Waals surface area contributed by atoms with E-state index in [1.165, 1.54) is 11.3 Å². The summed E-state index contributed by atoms with van der Waals surface area (Å²) in [5.41, 5.74) is 2.22. The standard InChI is InChI=1S/C19H17N5O2S/c1-3-16-21-22-19-24(16)23-18(27-19)12-7-9-14(10-8-12)20-17(25)13-5-4-6-15(11-13)26-2/h4-11H,3H2,1-2H3,(H,20,25). The number of nitrogens with zero attached hydrogens (tertiary/aromatic N) is 4. The summed E-state index contributed by atoms with van der Waals surface area (Å²) in [6, 6.07) is 14.6.